The molecule has 106 valence electrons. The molecule has 0 aliphatic carbocycles. The molecule has 1 heterocycles. The van der Waals surface area contributed by atoms with Crippen LogP contribution in [-0.2, 0) is 0 Å². The van der Waals surface area contributed by atoms with Gasteiger partial charge in [0.1, 0.15) is 0 Å². The van der Waals surface area contributed by atoms with Gasteiger partial charge >= 0.3 is 0 Å². The highest BCUT2D eigenvalue weighted by atomic mass is 32.2. The minimum absolute atomic E-state index is 0.534. The molecule has 2 atom stereocenters. The molecule has 1 aliphatic rings. The van der Waals surface area contributed by atoms with Crippen LogP contribution in [0, 0.1) is 20.8 Å². The molecule has 1 aliphatic heterocycles. The molecule has 2 heteroatoms. The van der Waals surface area contributed by atoms with Crippen molar-refractivity contribution in [3.63, 3.8) is 0 Å². The van der Waals surface area contributed by atoms with Crippen molar-refractivity contribution < 1.29 is 0 Å². The summed E-state index contributed by atoms with van der Waals surface area (Å²) < 4.78 is 0. The SMILES string of the molecule is CCCNC(c1cc(C)c(C)cc1C)C1CCCS1. The van der Waals surface area contributed by atoms with E-state index in [2.05, 4.69) is 56.9 Å². The molecule has 19 heavy (non-hydrogen) atoms. The number of benzene rings is 1. The molecule has 2 rings (SSSR count). The van der Waals surface area contributed by atoms with Gasteiger partial charge in [0.25, 0.3) is 0 Å². The number of rotatable bonds is 5. The number of hydrogen-bond donors (Lipinski definition) is 1. The molecule has 0 aromatic heterocycles. The molecule has 0 saturated carbocycles. The second-order valence-corrected chi connectivity index (χ2v) is 7.12. The third kappa shape index (κ3) is 3.55. The minimum atomic E-state index is 0.534. The fourth-order valence-corrected chi connectivity index (χ4v) is 4.33. The van der Waals surface area contributed by atoms with Crippen molar-refractivity contribution in [2.24, 2.45) is 0 Å². The molecule has 0 radical (unpaired) electrons. The Morgan fingerprint density at radius 1 is 1.21 bits per heavy atom. The molecular formula is C17H27NS. The lowest BCUT2D eigenvalue weighted by Crippen LogP contribution is -2.30. The zero-order valence-corrected chi connectivity index (χ0v) is 13.6. The van der Waals surface area contributed by atoms with Crippen LogP contribution in [0.3, 0.4) is 0 Å². The van der Waals surface area contributed by atoms with Crippen molar-refractivity contribution >= 4 is 11.8 Å². The molecule has 0 spiro atoms. The third-order valence-electron chi connectivity index (χ3n) is 4.17. The summed E-state index contributed by atoms with van der Waals surface area (Å²) in [4.78, 5) is 0. The van der Waals surface area contributed by atoms with E-state index in [9.17, 15) is 0 Å². The van der Waals surface area contributed by atoms with Crippen molar-refractivity contribution in [3.8, 4) is 0 Å². The van der Waals surface area contributed by atoms with Crippen molar-refractivity contribution in [3.05, 3.63) is 34.4 Å². The zero-order valence-electron chi connectivity index (χ0n) is 12.8. The van der Waals surface area contributed by atoms with E-state index in [4.69, 9.17) is 0 Å². The Morgan fingerprint density at radius 3 is 2.58 bits per heavy atom. The minimum Gasteiger partial charge on any atom is -0.309 e. The Morgan fingerprint density at radius 2 is 1.95 bits per heavy atom. The second kappa shape index (κ2) is 6.81. The normalized spacial score (nSPS) is 20.7. The fraction of sp³-hybridized carbons (Fsp3) is 0.647. The second-order valence-electron chi connectivity index (χ2n) is 5.78. The number of thioether (sulfide) groups is 1. The summed E-state index contributed by atoms with van der Waals surface area (Å²) in [6, 6.07) is 5.30. The highest BCUT2D eigenvalue weighted by Crippen LogP contribution is 2.37. The maximum absolute atomic E-state index is 3.79. The molecule has 1 N–H and O–H groups in total. The molecule has 0 amide bonds. The lowest BCUT2D eigenvalue weighted by atomic mass is 9.92. The van der Waals surface area contributed by atoms with E-state index >= 15 is 0 Å². The standard InChI is InChI=1S/C17H27NS/c1-5-8-18-17(16-7-6-9-19-16)15-11-13(3)12(2)10-14(15)4/h10-11,16-18H,5-9H2,1-4H3. The Labute approximate surface area is 122 Å². The van der Waals surface area contributed by atoms with E-state index in [-0.39, 0.29) is 0 Å². The van der Waals surface area contributed by atoms with Crippen LogP contribution in [0.15, 0.2) is 12.1 Å². The van der Waals surface area contributed by atoms with Crippen LogP contribution in [0.5, 0.6) is 0 Å². The summed E-state index contributed by atoms with van der Waals surface area (Å²) >= 11 is 2.15. The number of nitrogens with one attached hydrogen (secondary N) is 1. The third-order valence-corrected chi connectivity index (χ3v) is 5.63. The topological polar surface area (TPSA) is 12.0 Å². The summed E-state index contributed by atoms with van der Waals surface area (Å²) in [6.45, 7) is 10.1. The highest BCUT2D eigenvalue weighted by molar-refractivity contribution is 8.00. The molecule has 1 saturated heterocycles. The van der Waals surface area contributed by atoms with Gasteiger partial charge in [0.2, 0.25) is 0 Å². The summed E-state index contributed by atoms with van der Waals surface area (Å²) in [5.74, 6) is 1.33. The molecule has 1 aromatic rings. The van der Waals surface area contributed by atoms with Crippen LogP contribution in [0.4, 0.5) is 0 Å². The van der Waals surface area contributed by atoms with E-state index in [0.29, 0.717) is 6.04 Å². The highest BCUT2D eigenvalue weighted by Gasteiger charge is 2.27. The maximum Gasteiger partial charge on any atom is 0.0443 e. The van der Waals surface area contributed by atoms with Crippen molar-refractivity contribution in [2.75, 3.05) is 12.3 Å². The van der Waals surface area contributed by atoms with Gasteiger partial charge in [-0.05, 0) is 74.6 Å². The van der Waals surface area contributed by atoms with E-state index < -0.39 is 0 Å². The van der Waals surface area contributed by atoms with Gasteiger partial charge in [-0.2, -0.15) is 11.8 Å². The van der Waals surface area contributed by atoms with Crippen molar-refractivity contribution in [1.82, 2.24) is 5.32 Å². The molecule has 1 nitrogen and oxygen atoms in total. The first-order valence-corrected chi connectivity index (χ1v) is 8.61. The predicted molar refractivity (Wildman–Crippen MR) is 87.2 cm³/mol. The van der Waals surface area contributed by atoms with E-state index in [0.717, 1.165) is 11.8 Å². The van der Waals surface area contributed by atoms with Gasteiger partial charge in [0.15, 0.2) is 0 Å². The average Bonchev–Trinajstić information content (AvgIpc) is 2.89. The van der Waals surface area contributed by atoms with Gasteiger partial charge in [0, 0.05) is 11.3 Å². The lowest BCUT2D eigenvalue weighted by molar-refractivity contribution is 0.501. The smallest absolute Gasteiger partial charge is 0.0443 e. The van der Waals surface area contributed by atoms with E-state index in [1.807, 2.05) is 0 Å². The van der Waals surface area contributed by atoms with Gasteiger partial charge in [-0.15, -0.1) is 0 Å². The van der Waals surface area contributed by atoms with Crippen molar-refractivity contribution in [1.29, 1.82) is 0 Å². The van der Waals surface area contributed by atoms with Crippen LogP contribution in [0.25, 0.3) is 0 Å². The molecule has 0 bridgehead atoms. The lowest BCUT2D eigenvalue weighted by Gasteiger charge is -2.27. The molecular weight excluding hydrogens is 250 g/mol. The molecule has 1 aromatic carbocycles. The van der Waals surface area contributed by atoms with Gasteiger partial charge in [0.05, 0.1) is 0 Å². The number of hydrogen-bond acceptors (Lipinski definition) is 2. The fourth-order valence-electron chi connectivity index (χ4n) is 2.92. The first kappa shape index (κ1) is 14.9. The van der Waals surface area contributed by atoms with Crippen LogP contribution in [0.1, 0.15) is 54.5 Å². The molecule has 2 unspecified atom stereocenters. The predicted octanol–water partition coefficient (Wildman–Crippen LogP) is 4.55. The van der Waals surface area contributed by atoms with Crippen LogP contribution in [0.2, 0.25) is 0 Å². The largest absolute Gasteiger partial charge is 0.309 e. The Bertz CT molecular complexity index is 422. The Hall–Kier alpha value is -0.470. The first-order chi connectivity index (χ1) is 9.13. The van der Waals surface area contributed by atoms with Crippen molar-refractivity contribution in [2.45, 2.75) is 58.2 Å². The van der Waals surface area contributed by atoms with Gasteiger partial charge < -0.3 is 5.32 Å². The zero-order chi connectivity index (χ0) is 13.8. The quantitative estimate of drug-likeness (QED) is 0.847. The maximum atomic E-state index is 3.79. The number of aryl methyl sites for hydroxylation is 3. The van der Waals surface area contributed by atoms with Gasteiger partial charge in [-0.25, -0.2) is 0 Å². The van der Waals surface area contributed by atoms with Crippen LogP contribution in [-0.4, -0.2) is 17.5 Å². The summed E-state index contributed by atoms with van der Waals surface area (Å²) in [7, 11) is 0. The van der Waals surface area contributed by atoms with Crippen LogP contribution < -0.4 is 5.32 Å². The summed E-state index contributed by atoms with van der Waals surface area (Å²) in [5.41, 5.74) is 5.81. The molecule has 1 fully saturated rings. The van der Waals surface area contributed by atoms with Gasteiger partial charge in [-0.3, -0.25) is 0 Å². The monoisotopic (exact) mass is 277 g/mol. The van der Waals surface area contributed by atoms with Gasteiger partial charge in [-0.1, -0.05) is 19.1 Å². The Kier molecular flexibility index (Phi) is 5.35. The summed E-state index contributed by atoms with van der Waals surface area (Å²) in [6.07, 6.45) is 3.94. The van der Waals surface area contributed by atoms with E-state index in [1.54, 1.807) is 0 Å². The van der Waals surface area contributed by atoms with E-state index in [1.165, 1.54) is 47.3 Å². The average molecular weight is 277 g/mol. The Balaban J connectivity index is 2.28. The van der Waals surface area contributed by atoms with Crippen LogP contribution >= 0.6 is 11.8 Å². The first-order valence-electron chi connectivity index (χ1n) is 7.56. The summed E-state index contributed by atoms with van der Waals surface area (Å²) in [5, 5.41) is 4.55.